The minimum Gasteiger partial charge on any atom is -0.478 e. The summed E-state index contributed by atoms with van der Waals surface area (Å²) in [4.78, 5) is 11.1. The molecule has 1 aliphatic carbocycles. The van der Waals surface area contributed by atoms with E-state index in [-0.39, 0.29) is 5.04 Å². The molecular weight excluding hydrogens is 353 g/mol. The lowest BCUT2D eigenvalue weighted by atomic mass is 9.77. The summed E-state index contributed by atoms with van der Waals surface area (Å²) in [6.45, 7) is 12.4. The first kappa shape index (κ1) is 20.0. The van der Waals surface area contributed by atoms with E-state index in [4.69, 9.17) is 9.53 Å². The van der Waals surface area contributed by atoms with Crippen LogP contribution in [0.2, 0.25) is 18.1 Å². The molecule has 5 nitrogen and oxygen atoms in total. The molecule has 0 saturated heterocycles. The standard InChI is InChI=1S/C16H25F3N2O3Si/c1-14(2,3)25(5,6)24-15(4)7-10(8-15)21-12(16(17,18)19)11(9-20-21)13(22)23/h9-10H,7-8H2,1-6H3,(H,22,23). The zero-order chi connectivity index (χ0) is 19.4. The lowest BCUT2D eigenvalue weighted by molar-refractivity contribution is -0.149. The van der Waals surface area contributed by atoms with E-state index in [1.165, 1.54) is 0 Å². The largest absolute Gasteiger partial charge is 0.478 e. The van der Waals surface area contributed by atoms with Crippen LogP contribution in [-0.4, -0.2) is 34.8 Å². The molecule has 142 valence electrons. The van der Waals surface area contributed by atoms with Crippen molar-refractivity contribution < 1.29 is 27.5 Å². The Morgan fingerprint density at radius 1 is 1.36 bits per heavy atom. The molecule has 0 aliphatic heterocycles. The Hall–Kier alpha value is -1.35. The zero-order valence-electron chi connectivity index (χ0n) is 15.4. The molecule has 0 unspecified atom stereocenters. The number of carboxylic acid groups (broad SMARTS) is 1. The number of aromatic nitrogens is 2. The van der Waals surface area contributed by atoms with E-state index in [0.29, 0.717) is 12.8 Å². The van der Waals surface area contributed by atoms with Crippen LogP contribution in [0.1, 0.15) is 62.6 Å². The molecule has 25 heavy (non-hydrogen) atoms. The third kappa shape index (κ3) is 3.76. The Bertz CT molecular complexity index is 671. The van der Waals surface area contributed by atoms with Crippen molar-refractivity contribution in [2.24, 2.45) is 0 Å². The Labute approximate surface area is 146 Å². The van der Waals surface area contributed by atoms with Gasteiger partial charge in [-0.3, -0.25) is 4.68 Å². The van der Waals surface area contributed by atoms with E-state index in [1.807, 2.05) is 6.92 Å². The maximum atomic E-state index is 13.3. The SMILES string of the molecule is CC1(O[Si](C)(C)C(C)(C)C)CC(n2ncc(C(=O)O)c2C(F)(F)F)C1. The summed E-state index contributed by atoms with van der Waals surface area (Å²) in [6.07, 6.45) is -3.24. The smallest absolute Gasteiger partial charge is 0.433 e. The van der Waals surface area contributed by atoms with Crippen LogP contribution in [0.15, 0.2) is 6.20 Å². The maximum absolute atomic E-state index is 13.3. The number of alkyl halides is 3. The van der Waals surface area contributed by atoms with Gasteiger partial charge in [-0.15, -0.1) is 0 Å². The van der Waals surface area contributed by atoms with Crippen LogP contribution in [0.25, 0.3) is 0 Å². The average Bonchev–Trinajstić information content (AvgIpc) is 2.77. The zero-order valence-corrected chi connectivity index (χ0v) is 16.4. The first-order chi connectivity index (χ1) is 11.1. The molecule has 1 N–H and O–H groups in total. The summed E-state index contributed by atoms with van der Waals surface area (Å²) in [5.74, 6) is -1.63. The molecule has 0 aromatic carbocycles. The van der Waals surface area contributed by atoms with E-state index in [2.05, 4.69) is 39.0 Å². The Balaban J connectivity index is 2.22. The Morgan fingerprint density at radius 2 is 1.88 bits per heavy atom. The van der Waals surface area contributed by atoms with E-state index >= 15 is 0 Å². The van der Waals surface area contributed by atoms with Gasteiger partial charge in [0.05, 0.1) is 17.8 Å². The molecule has 1 aliphatic rings. The van der Waals surface area contributed by atoms with Crippen LogP contribution < -0.4 is 0 Å². The highest BCUT2D eigenvalue weighted by Gasteiger charge is 2.52. The number of carboxylic acids is 1. The van der Waals surface area contributed by atoms with Gasteiger partial charge in [-0.25, -0.2) is 4.79 Å². The number of nitrogens with zero attached hydrogens (tertiary/aromatic N) is 2. The van der Waals surface area contributed by atoms with Crippen molar-refractivity contribution in [3.8, 4) is 0 Å². The van der Waals surface area contributed by atoms with Crippen molar-refractivity contribution in [2.75, 3.05) is 0 Å². The van der Waals surface area contributed by atoms with Gasteiger partial charge >= 0.3 is 12.1 Å². The normalized spacial score (nSPS) is 24.9. The number of hydrogen-bond acceptors (Lipinski definition) is 3. The van der Waals surface area contributed by atoms with Gasteiger partial charge in [-0.2, -0.15) is 18.3 Å². The quantitative estimate of drug-likeness (QED) is 0.770. The third-order valence-corrected chi connectivity index (χ3v) is 9.90. The maximum Gasteiger partial charge on any atom is 0.433 e. The van der Waals surface area contributed by atoms with Gasteiger partial charge in [0.1, 0.15) is 5.56 Å². The Kier molecular flexibility index (Phi) is 4.66. The number of rotatable bonds is 4. The van der Waals surface area contributed by atoms with Crippen LogP contribution in [0.4, 0.5) is 13.2 Å². The third-order valence-electron chi connectivity index (χ3n) is 5.28. The first-order valence-corrected chi connectivity index (χ1v) is 11.1. The Morgan fingerprint density at radius 3 is 2.28 bits per heavy atom. The van der Waals surface area contributed by atoms with Gasteiger partial charge in [-0.1, -0.05) is 20.8 Å². The highest BCUT2D eigenvalue weighted by molar-refractivity contribution is 6.74. The fraction of sp³-hybridized carbons (Fsp3) is 0.750. The van der Waals surface area contributed by atoms with Crippen LogP contribution >= 0.6 is 0 Å². The van der Waals surface area contributed by atoms with Crippen LogP contribution in [0, 0.1) is 0 Å². The summed E-state index contributed by atoms with van der Waals surface area (Å²) in [5.41, 5.74) is -2.52. The van der Waals surface area contributed by atoms with E-state index in [0.717, 1.165) is 10.9 Å². The predicted octanol–water partition coefficient (Wildman–Crippen LogP) is 4.72. The van der Waals surface area contributed by atoms with Crippen LogP contribution in [0.3, 0.4) is 0 Å². The number of carbonyl (C=O) groups is 1. The average molecular weight is 378 g/mol. The van der Waals surface area contributed by atoms with E-state index in [1.54, 1.807) is 0 Å². The number of hydrogen-bond donors (Lipinski definition) is 1. The molecule has 1 saturated carbocycles. The highest BCUT2D eigenvalue weighted by atomic mass is 28.4. The molecule has 0 amide bonds. The monoisotopic (exact) mass is 378 g/mol. The molecular formula is C16H25F3N2O3Si. The molecule has 1 aromatic rings. The summed E-state index contributed by atoms with van der Waals surface area (Å²) in [5, 5.41) is 12.7. The van der Waals surface area contributed by atoms with Gasteiger partial charge < -0.3 is 9.53 Å². The number of halogens is 3. The molecule has 1 fully saturated rings. The molecule has 2 rings (SSSR count). The second kappa shape index (κ2) is 5.83. The lowest BCUT2D eigenvalue weighted by Gasteiger charge is -2.52. The van der Waals surface area contributed by atoms with Crippen molar-refractivity contribution in [1.82, 2.24) is 9.78 Å². The fourth-order valence-electron chi connectivity index (χ4n) is 3.04. The molecule has 1 heterocycles. The van der Waals surface area contributed by atoms with Gasteiger partial charge in [-0.05, 0) is 37.9 Å². The van der Waals surface area contributed by atoms with E-state index in [9.17, 15) is 18.0 Å². The fourth-order valence-corrected chi connectivity index (χ4v) is 4.75. The topological polar surface area (TPSA) is 64.4 Å². The number of aromatic carboxylic acids is 1. The predicted molar refractivity (Wildman–Crippen MR) is 89.1 cm³/mol. The second-order valence-electron chi connectivity index (χ2n) is 8.53. The van der Waals surface area contributed by atoms with Crippen molar-refractivity contribution >= 4 is 14.3 Å². The van der Waals surface area contributed by atoms with E-state index < -0.39 is 43.4 Å². The van der Waals surface area contributed by atoms with Crippen molar-refractivity contribution in [3.63, 3.8) is 0 Å². The highest BCUT2D eigenvalue weighted by Crippen LogP contribution is 2.50. The van der Waals surface area contributed by atoms with Gasteiger partial charge in [0.2, 0.25) is 0 Å². The van der Waals surface area contributed by atoms with Crippen molar-refractivity contribution in [1.29, 1.82) is 0 Å². The molecule has 0 bridgehead atoms. The summed E-state index contributed by atoms with van der Waals surface area (Å²) >= 11 is 0. The van der Waals surface area contributed by atoms with Crippen molar-refractivity contribution in [2.45, 2.75) is 76.5 Å². The molecule has 9 heteroatoms. The van der Waals surface area contributed by atoms with Crippen LogP contribution in [0.5, 0.6) is 0 Å². The summed E-state index contributed by atoms with van der Waals surface area (Å²) < 4.78 is 47.0. The first-order valence-electron chi connectivity index (χ1n) is 8.16. The van der Waals surface area contributed by atoms with Crippen molar-refractivity contribution in [3.05, 3.63) is 17.5 Å². The molecule has 0 radical (unpaired) electrons. The van der Waals surface area contributed by atoms with Gasteiger partial charge in [0, 0.05) is 0 Å². The summed E-state index contributed by atoms with van der Waals surface area (Å²) in [6, 6.07) is -0.514. The summed E-state index contributed by atoms with van der Waals surface area (Å²) in [7, 11) is -2.05. The minimum absolute atomic E-state index is 0.000400. The lowest BCUT2D eigenvalue weighted by Crippen LogP contribution is -2.54. The second-order valence-corrected chi connectivity index (χ2v) is 13.3. The molecule has 0 spiro atoms. The van der Waals surface area contributed by atoms with Crippen LogP contribution in [-0.2, 0) is 10.6 Å². The molecule has 0 atom stereocenters. The van der Waals surface area contributed by atoms with Gasteiger partial charge in [0.25, 0.3) is 0 Å². The minimum atomic E-state index is -4.77. The molecule has 1 aromatic heterocycles. The van der Waals surface area contributed by atoms with Gasteiger partial charge in [0.15, 0.2) is 14.0 Å².